The normalized spacial score (nSPS) is 12.4. The van der Waals surface area contributed by atoms with Crippen molar-refractivity contribution in [3.05, 3.63) is 35.9 Å². The first-order chi connectivity index (χ1) is 9.11. The van der Waals surface area contributed by atoms with E-state index >= 15 is 0 Å². The Kier molecular flexibility index (Phi) is 3.98. The predicted molar refractivity (Wildman–Crippen MR) is 78.1 cm³/mol. The minimum Gasteiger partial charge on any atom is -0.368 e. The molecular formula is C15H18N4. The highest BCUT2D eigenvalue weighted by atomic mass is 15.1. The molecule has 0 aliphatic heterocycles. The maximum absolute atomic E-state index is 9.21. The van der Waals surface area contributed by atoms with Crippen LogP contribution in [0.2, 0.25) is 0 Å². The second-order valence-electron chi connectivity index (χ2n) is 4.88. The first kappa shape index (κ1) is 13.3. The molecule has 19 heavy (non-hydrogen) atoms. The number of pyridine rings is 1. The largest absolute Gasteiger partial charge is 0.368 e. The van der Waals surface area contributed by atoms with Crippen LogP contribution in [0, 0.1) is 11.3 Å². The van der Waals surface area contributed by atoms with Gasteiger partial charge in [-0.3, -0.25) is 0 Å². The summed E-state index contributed by atoms with van der Waals surface area (Å²) >= 11 is 0. The third-order valence-electron chi connectivity index (χ3n) is 3.30. The van der Waals surface area contributed by atoms with E-state index in [1.807, 2.05) is 44.4 Å². The fraction of sp³-hybridized carbons (Fsp3) is 0.333. The molecule has 0 aliphatic carbocycles. The highest BCUT2D eigenvalue weighted by Crippen LogP contribution is 2.19. The standard InChI is InChI=1S/C15H18N4/c1-11(19(2)3)10-17-15-8-12(9-16)13-6-4-5-7-14(13)18-15/h4-8,11H,10H2,1-3H3,(H,17,18). The Labute approximate surface area is 113 Å². The number of nitrogens with one attached hydrogen (secondary N) is 1. The van der Waals surface area contributed by atoms with E-state index < -0.39 is 0 Å². The molecule has 1 unspecified atom stereocenters. The van der Waals surface area contributed by atoms with Gasteiger partial charge in [0.1, 0.15) is 5.82 Å². The summed E-state index contributed by atoms with van der Waals surface area (Å²) in [7, 11) is 4.09. The summed E-state index contributed by atoms with van der Waals surface area (Å²) in [4.78, 5) is 6.67. The number of hydrogen-bond donors (Lipinski definition) is 1. The first-order valence-electron chi connectivity index (χ1n) is 6.32. The third kappa shape index (κ3) is 3.01. The number of para-hydroxylation sites is 1. The lowest BCUT2D eigenvalue weighted by molar-refractivity contribution is 0.326. The van der Waals surface area contributed by atoms with Crippen molar-refractivity contribution in [2.24, 2.45) is 0 Å². The Hall–Kier alpha value is -2.12. The van der Waals surface area contributed by atoms with Crippen LogP contribution in [0.3, 0.4) is 0 Å². The van der Waals surface area contributed by atoms with Crippen LogP contribution in [0.1, 0.15) is 12.5 Å². The monoisotopic (exact) mass is 254 g/mol. The molecule has 0 fully saturated rings. The Bertz CT molecular complexity index is 613. The lowest BCUT2D eigenvalue weighted by Crippen LogP contribution is -2.31. The van der Waals surface area contributed by atoms with E-state index in [0.29, 0.717) is 11.6 Å². The predicted octanol–water partition coefficient (Wildman–Crippen LogP) is 2.47. The van der Waals surface area contributed by atoms with Crippen LogP contribution >= 0.6 is 0 Å². The number of anilines is 1. The van der Waals surface area contributed by atoms with Crippen molar-refractivity contribution in [1.82, 2.24) is 9.88 Å². The van der Waals surface area contributed by atoms with Crippen LogP contribution in [0.15, 0.2) is 30.3 Å². The number of aromatic nitrogens is 1. The molecule has 0 bridgehead atoms. The van der Waals surface area contributed by atoms with Crippen LogP contribution in [0.4, 0.5) is 5.82 Å². The van der Waals surface area contributed by atoms with Crippen LogP contribution in [-0.4, -0.2) is 36.6 Å². The molecule has 98 valence electrons. The third-order valence-corrected chi connectivity index (χ3v) is 3.30. The lowest BCUT2D eigenvalue weighted by Gasteiger charge is -2.20. The zero-order valence-corrected chi connectivity index (χ0v) is 11.5. The van der Waals surface area contributed by atoms with Gasteiger partial charge in [0.15, 0.2) is 0 Å². The van der Waals surface area contributed by atoms with E-state index in [-0.39, 0.29) is 0 Å². The number of nitrogens with zero attached hydrogens (tertiary/aromatic N) is 3. The lowest BCUT2D eigenvalue weighted by atomic mass is 10.1. The van der Waals surface area contributed by atoms with Gasteiger partial charge in [-0.1, -0.05) is 18.2 Å². The molecule has 1 N–H and O–H groups in total. The number of fused-ring (bicyclic) bond motifs is 1. The molecule has 0 saturated heterocycles. The minimum absolute atomic E-state index is 0.402. The summed E-state index contributed by atoms with van der Waals surface area (Å²) in [5, 5.41) is 13.4. The second kappa shape index (κ2) is 5.68. The second-order valence-corrected chi connectivity index (χ2v) is 4.88. The number of benzene rings is 1. The molecule has 4 heteroatoms. The van der Waals surface area contributed by atoms with E-state index in [1.54, 1.807) is 0 Å². The van der Waals surface area contributed by atoms with Gasteiger partial charge in [0.25, 0.3) is 0 Å². The highest BCUT2D eigenvalue weighted by Gasteiger charge is 2.07. The van der Waals surface area contributed by atoms with E-state index in [1.165, 1.54) is 0 Å². The van der Waals surface area contributed by atoms with Crippen molar-refractivity contribution in [3.8, 4) is 6.07 Å². The van der Waals surface area contributed by atoms with Gasteiger partial charge in [0, 0.05) is 18.0 Å². The topological polar surface area (TPSA) is 52.0 Å². The van der Waals surface area contributed by atoms with Crippen LogP contribution in [0.5, 0.6) is 0 Å². The molecular weight excluding hydrogens is 236 g/mol. The molecule has 1 atom stereocenters. The fourth-order valence-corrected chi connectivity index (χ4v) is 1.79. The Morgan fingerprint density at radius 1 is 1.37 bits per heavy atom. The van der Waals surface area contributed by atoms with Crippen molar-refractivity contribution in [3.63, 3.8) is 0 Å². The van der Waals surface area contributed by atoms with Gasteiger partial charge in [-0.05, 0) is 33.2 Å². The quantitative estimate of drug-likeness (QED) is 0.910. The maximum atomic E-state index is 9.21. The number of nitriles is 1. The van der Waals surface area contributed by atoms with Gasteiger partial charge in [-0.15, -0.1) is 0 Å². The average Bonchev–Trinajstić information content (AvgIpc) is 2.43. The number of likely N-dealkylation sites (N-methyl/N-ethyl adjacent to an activating group) is 1. The van der Waals surface area contributed by atoms with Crippen molar-refractivity contribution in [2.45, 2.75) is 13.0 Å². The van der Waals surface area contributed by atoms with E-state index in [4.69, 9.17) is 0 Å². The van der Waals surface area contributed by atoms with Gasteiger partial charge < -0.3 is 10.2 Å². The average molecular weight is 254 g/mol. The van der Waals surface area contributed by atoms with Crippen molar-refractivity contribution < 1.29 is 0 Å². The van der Waals surface area contributed by atoms with Gasteiger partial charge in [0.05, 0.1) is 17.1 Å². The molecule has 1 aromatic carbocycles. The minimum atomic E-state index is 0.402. The Balaban J connectivity index is 2.28. The zero-order valence-electron chi connectivity index (χ0n) is 11.5. The summed E-state index contributed by atoms with van der Waals surface area (Å²) in [5.41, 5.74) is 1.51. The molecule has 1 heterocycles. The van der Waals surface area contributed by atoms with Crippen LogP contribution < -0.4 is 5.32 Å². The summed E-state index contributed by atoms with van der Waals surface area (Å²) < 4.78 is 0. The van der Waals surface area contributed by atoms with E-state index in [9.17, 15) is 5.26 Å². The summed E-state index contributed by atoms with van der Waals surface area (Å²) in [5.74, 6) is 0.754. The summed E-state index contributed by atoms with van der Waals surface area (Å²) in [6.07, 6.45) is 0. The van der Waals surface area contributed by atoms with Crippen LogP contribution in [0.25, 0.3) is 10.9 Å². The Morgan fingerprint density at radius 3 is 2.79 bits per heavy atom. The van der Waals surface area contributed by atoms with Gasteiger partial charge >= 0.3 is 0 Å². The number of hydrogen-bond acceptors (Lipinski definition) is 4. The van der Waals surface area contributed by atoms with Gasteiger partial charge in [0.2, 0.25) is 0 Å². The molecule has 0 spiro atoms. The zero-order chi connectivity index (χ0) is 13.8. The molecule has 2 aromatic rings. The van der Waals surface area contributed by atoms with Crippen molar-refractivity contribution in [1.29, 1.82) is 5.26 Å². The molecule has 1 aromatic heterocycles. The molecule has 2 rings (SSSR count). The Morgan fingerprint density at radius 2 is 2.11 bits per heavy atom. The maximum Gasteiger partial charge on any atom is 0.128 e. The van der Waals surface area contributed by atoms with Crippen LogP contribution in [-0.2, 0) is 0 Å². The van der Waals surface area contributed by atoms with E-state index in [0.717, 1.165) is 23.3 Å². The summed E-state index contributed by atoms with van der Waals surface area (Å²) in [6.45, 7) is 2.93. The van der Waals surface area contributed by atoms with Gasteiger partial charge in [-0.25, -0.2) is 4.98 Å². The molecule has 0 amide bonds. The van der Waals surface area contributed by atoms with Gasteiger partial charge in [-0.2, -0.15) is 5.26 Å². The highest BCUT2D eigenvalue weighted by molar-refractivity contribution is 5.86. The molecule has 0 saturated carbocycles. The van der Waals surface area contributed by atoms with E-state index in [2.05, 4.69) is 28.2 Å². The first-order valence-corrected chi connectivity index (χ1v) is 6.32. The SMILES string of the molecule is CC(CNc1cc(C#N)c2ccccc2n1)N(C)C. The summed E-state index contributed by atoms with van der Waals surface area (Å²) in [6, 6.07) is 12.1. The van der Waals surface area contributed by atoms with Crippen molar-refractivity contribution in [2.75, 3.05) is 26.0 Å². The smallest absolute Gasteiger partial charge is 0.128 e. The van der Waals surface area contributed by atoms with Crippen molar-refractivity contribution >= 4 is 16.7 Å². The number of rotatable bonds is 4. The molecule has 4 nitrogen and oxygen atoms in total. The molecule has 0 aliphatic rings. The molecule has 0 radical (unpaired) electrons. The fourth-order valence-electron chi connectivity index (χ4n) is 1.79.